The predicted molar refractivity (Wildman–Crippen MR) is 66.3 cm³/mol. The normalized spacial score (nSPS) is 13.8. The Morgan fingerprint density at radius 2 is 1.78 bits per heavy atom. The lowest BCUT2D eigenvalue weighted by molar-refractivity contribution is -0.149. The molecule has 96 valence electrons. The fourth-order valence-electron chi connectivity index (χ4n) is 2.18. The monoisotopic (exact) mass is 253 g/mol. The van der Waals surface area contributed by atoms with Crippen LogP contribution in [0.25, 0.3) is 10.8 Å². The maximum Gasteiger partial charge on any atom is 0.407 e. The van der Waals surface area contributed by atoms with Crippen LogP contribution in [-0.2, 0) is 6.42 Å². The fourth-order valence-corrected chi connectivity index (χ4v) is 2.18. The zero-order chi connectivity index (χ0) is 13.3. The van der Waals surface area contributed by atoms with Crippen LogP contribution in [0.5, 0.6) is 0 Å². The van der Waals surface area contributed by atoms with Gasteiger partial charge in [-0.2, -0.15) is 13.2 Å². The fraction of sp³-hybridized carbons (Fsp3) is 0.286. The molecule has 2 N–H and O–H groups in total. The summed E-state index contributed by atoms with van der Waals surface area (Å²) in [7, 11) is 0. The third kappa shape index (κ3) is 2.20. The molecule has 1 nitrogen and oxygen atoms in total. The molecule has 18 heavy (non-hydrogen) atoms. The van der Waals surface area contributed by atoms with Crippen LogP contribution in [0.2, 0.25) is 0 Å². The summed E-state index contributed by atoms with van der Waals surface area (Å²) in [5.74, 6) is 0. The smallest absolute Gasteiger partial charge is 0.316 e. The second kappa shape index (κ2) is 4.61. The molecule has 0 fully saturated rings. The van der Waals surface area contributed by atoms with E-state index in [1.54, 1.807) is 30.3 Å². The van der Waals surface area contributed by atoms with Crippen LogP contribution in [0.1, 0.15) is 24.1 Å². The third-order valence-electron chi connectivity index (χ3n) is 3.11. The van der Waals surface area contributed by atoms with Gasteiger partial charge < -0.3 is 5.73 Å². The van der Waals surface area contributed by atoms with Crippen LogP contribution in [0, 0.1) is 0 Å². The van der Waals surface area contributed by atoms with E-state index >= 15 is 0 Å². The summed E-state index contributed by atoms with van der Waals surface area (Å²) in [4.78, 5) is 0. The Kier molecular flexibility index (Phi) is 3.30. The second-order valence-electron chi connectivity index (χ2n) is 4.23. The van der Waals surface area contributed by atoms with Gasteiger partial charge in [0.1, 0.15) is 6.04 Å². The zero-order valence-electron chi connectivity index (χ0n) is 9.96. The molecule has 0 spiro atoms. The Morgan fingerprint density at radius 3 is 2.39 bits per heavy atom. The van der Waals surface area contributed by atoms with Crippen molar-refractivity contribution in [3.63, 3.8) is 0 Å². The summed E-state index contributed by atoms with van der Waals surface area (Å²) >= 11 is 0. The molecule has 0 saturated carbocycles. The predicted octanol–water partition coefficient (Wildman–Crippen LogP) is 3.96. The van der Waals surface area contributed by atoms with Crippen molar-refractivity contribution < 1.29 is 13.2 Å². The van der Waals surface area contributed by atoms with E-state index in [1.165, 1.54) is 0 Å². The van der Waals surface area contributed by atoms with Gasteiger partial charge in [-0.05, 0) is 28.3 Å². The van der Waals surface area contributed by atoms with E-state index in [4.69, 9.17) is 5.73 Å². The van der Waals surface area contributed by atoms with Crippen molar-refractivity contribution in [3.05, 3.63) is 47.5 Å². The van der Waals surface area contributed by atoms with E-state index in [1.807, 2.05) is 13.0 Å². The van der Waals surface area contributed by atoms with Crippen molar-refractivity contribution in [1.82, 2.24) is 0 Å². The molecule has 0 amide bonds. The summed E-state index contributed by atoms with van der Waals surface area (Å²) in [6.45, 7) is 1.83. The van der Waals surface area contributed by atoms with Gasteiger partial charge in [-0.1, -0.05) is 43.3 Å². The Bertz CT molecular complexity index is 560. The van der Waals surface area contributed by atoms with Crippen LogP contribution in [-0.4, -0.2) is 6.18 Å². The van der Waals surface area contributed by atoms with Gasteiger partial charge in [-0.15, -0.1) is 0 Å². The molecule has 0 aliphatic rings. The van der Waals surface area contributed by atoms with Crippen molar-refractivity contribution in [3.8, 4) is 0 Å². The number of alkyl halides is 3. The van der Waals surface area contributed by atoms with Gasteiger partial charge in [0.25, 0.3) is 0 Å². The first-order valence-electron chi connectivity index (χ1n) is 5.78. The number of rotatable bonds is 2. The largest absolute Gasteiger partial charge is 0.407 e. The van der Waals surface area contributed by atoms with Crippen LogP contribution in [0.4, 0.5) is 13.2 Å². The molecular formula is C14H14F3N. The van der Waals surface area contributed by atoms with E-state index < -0.39 is 12.2 Å². The minimum atomic E-state index is -4.42. The molecule has 2 aromatic carbocycles. The molecule has 2 rings (SSSR count). The average molecular weight is 253 g/mol. The van der Waals surface area contributed by atoms with E-state index in [2.05, 4.69) is 0 Å². The Balaban J connectivity index is 2.72. The summed E-state index contributed by atoms with van der Waals surface area (Å²) in [5.41, 5.74) is 6.24. The number of hydrogen-bond donors (Lipinski definition) is 1. The number of fused-ring (bicyclic) bond motifs is 1. The van der Waals surface area contributed by atoms with Gasteiger partial charge in [0, 0.05) is 0 Å². The summed E-state index contributed by atoms with van der Waals surface area (Å²) in [6.07, 6.45) is -3.89. The maximum absolute atomic E-state index is 12.9. The van der Waals surface area contributed by atoms with Crippen molar-refractivity contribution >= 4 is 10.8 Å². The Hall–Kier alpha value is -1.55. The molecule has 0 saturated heterocycles. The van der Waals surface area contributed by atoms with Crippen LogP contribution in [0.3, 0.4) is 0 Å². The standard InChI is InChI=1S/C14H14F3N/c1-2-9-7-8-10-5-3-4-6-11(10)12(9)13(18)14(15,16)17/h3-8,13H,2,18H2,1H3/t13-/m0/s1. The lowest BCUT2D eigenvalue weighted by atomic mass is 9.92. The molecule has 1 atom stereocenters. The molecule has 0 aromatic heterocycles. The van der Waals surface area contributed by atoms with E-state index in [-0.39, 0.29) is 5.56 Å². The highest BCUT2D eigenvalue weighted by atomic mass is 19.4. The first-order chi connectivity index (χ1) is 8.45. The van der Waals surface area contributed by atoms with Gasteiger partial charge >= 0.3 is 6.18 Å². The summed E-state index contributed by atoms with van der Waals surface area (Å²) in [6, 6.07) is 8.64. The number of benzene rings is 2. The molecular weight excluding hydrogens is 239 g/mol. The Labute approximate surface area is 103 Å². The topological polar surface area (TPSA) is 26.0 Å². The SMILES string of the molecule is CCc1ccc2ccccc2c1[C@H](N)C(F)(F)F. The number of nitrogens with two attached hydrogens (primary N) is 1. The molecule has 0 heterocycles. The van der Waals surface area contributed by atoms with Gasteiger partial charge in [0.15, 0.2) is 0 Å². The maximum atomic E-state index is 12.9. The van der Waals surface area contributed by atoms with Gasteiger partial charge in [0.05, 0.1) is 0 Å². The van der Waals surface area contributed by atoms with Crippen molar-refractivity contribution in [2.24, 2.45) is 5.73 Å². The minimum Gasteiger partial charge on any atom is -0.316 e. The number of aryl methyl sites for hydroxylation is 1. The second-order valence-corrected chi connectivity index (χ2v) is 4.23. The highest BCUT2D eigenvalue weighted by Gasteiger charge is 2.39. The van der Waals surface area contributed by atoms with Crippen molar-refractivity contribution in [1.29, 1.82) is 0 Å². The Morgan fingerprint density at radius 1 is 1.11 bits per heavy atom. The third-order valence-corrected chi connectivity index (χ3v) is 3.11. The molecule has 0 bridgehead atoms. The van der Waals surface area contributed by atoms with E-state index in [9.17, 15) is 13.2 Å². The minimum absolute atomic E-state index is 0.197. The average Bonchev–Trinajstić information content (AvgIpc) is 2.35. The number of halogens is 3. The molecule has 0 unspecified atom stereocenters. The van der Waals surface area contributed by atoms with Crippen molar-refractivity contribution in [2.45, 2.75) is 25.6 Å². The molecule has 0 aliphatic carbocycles. The van der Waals surface area contributed by atoms with Gasteiger partial charge in [0.2, 0.25) is 0 Å². The van der Waals surface area contributed by atoms with E-state index in [0.717, 1.165) is 5.39 Å². The molecule has 2 aromatic rings. The van der Waals surface area contributed by atoms with Crippen LogP contribution < -0.4 is 5.73 Å². The van der Waals surface area contributed by atoms with Crippen LogP contribution >= 0.6 is 0 Å². The van der Waals surface area contributed by atoms with Crippen LogP contribution in [0.15, 0.2) is 36.4 Å². The highest BCUT2D eigenvalue weighted by Crippen LogP contribution is 2.36. The quantitative estimate of drug-likeness (QED) is 0.861. The van der Waals surface area contributed by atoms with Gasteiger partial charge in [-0.25, -0.2) is 0 Å². The summed E-state index contributed by atoms with van der Waals surface area (Å²) < 4.78 is 38.6. The lowest BCUT2D eigenvalue weighted by Crippen LogP contribution is -2.29. The van der Waals surface area contributed by atoms with Crippen molar-refractivity contribution in [2.75, 3.05) is 0 Å². The van der Waals surface area contributed by atoms with Gasteiger partial charge in [-0.3, -0.25) is 0 Å². The highest BCUT2D eigenvalue weighted by molar-refractivity contribution is 5.87. The number of hydrogen-bond acceptors (Lipinski definition) is 1. The summed E-state index contributed by atoms with van der Waals surface area (Å²) in [5, 5.41) is 1.37. The molecule has 0 aliphatic heterocycles. The lowest BCUT2D eigenvalue weighted by Gasteiger charge is -2.21. The first kappa shape index (κ1) is 12.9. The molecule has 4 heteroatoms. The van der Waals surface area contributed by atoms with E-state index in [0.29, 0.717) is 17.4 Å². The zero-order valence-corrected chi connectivity index (χ0v) is 9.96. The molecule has 0 radical (unpaired) electrons. The first-order valence-corrected chi connectivity index (χ1v) is 5.78.